The number of halogens is 1. The smallest absolute Gasteiger partial charge is 0.255 e. The molecule has 15 heteroatoms. The Morgan fingerprint density at radius 1 is 1.05 bits per heavy atom. The Morgan fingerprint density at radius 3 is 2.56 bits per heavy atom. The van der Waals surface area contributed by atoms with Gasteiger partial charge in [0.1, 0.15) is 28.8 Å². The number of imide groups is 1. The largest absolute Gasteiger partial charge is 0.369 e. The van der Waals surface area contributed by atoms with Crippen LogP contribution in [0, 0.1) is 29.6 Å². The molecule has 2 saturated heterocycles. The Labute approximate surface area is 340 Å². The van der Waals surface area contributed by atoms with Crippen molar-refractivity contribution in [1.29, 1.82) is 10.8 Å². The zero-order valence-electron chi connectivity index (χ0n) is 32.1. The molecule has 4 aliphatic rings. The van der Waals surface area contributed by atoms with Crippen molar-refractivity contribution in [3.8, 4) is 11.8 Å². The summed E-state index contributed by atoms with van der Waals surface area (Å²) in [5, 5.41) is 25.8. The summed E-state index contributed by atoms with van der Waals surface area (Å²) in [6.07, 6.45) is 5.28. The highest BCUT2D eigenvalue weighted by molar-refractivity contribution is 7.17. The number of carbonyl (C=O) groups excluding carboxylic acids is 3. The van der Waals surface area contributed by atoms with Gasteiger partial charge in [-0.25, -0.2) is 0 Å². The summed E-state index contributed by atoms with van der Waals surface area (Å²) in [6.45, 7) is 11.1. The van der Waals surface area contributed by atoms with Crippen LogP contribution in [0.1, 0.15) is 76.2 Å². The fourth-order valence-corrected chi connectivity index (χ4v) is 9.40. The van der Waals surface area contributed by atoms with Gasteiger partial charge in [-0.05, 0) is 63.4 Å². The van der Waals surface area contributed by atoms with Gasteiger partial charge in [0.15, 0.2) is 0 Å². The number of anilines is 2. The van der Waals surface area contributed by atoms with E-state index in [1.54, 1.807) is 22.9 Å². The lowest BCUT2D eigenvalue weighted by Gasteiger charge is -2.37. The molecule has 0 bridgehead atoms. The maximum Gasteiger partial charge on any atom is 0.255 e. The first-order valence-electron chi connectivity index (χ1n) is 19.2. The van der Waals surface area contributed by atoms with E-state index in [9.17, 15) is 14.4 Å². The van der Waals surface area contributed by atoms with Crippen molar-refractivity contribution in [2.24, 2.45) is 4.99 Å². The Morgan fingerprint density at radius 2 is 1.82 bits per heavy atom. The minimum atomic E-state index is -0.624. The van der Waals surface area contributed by atoms with Gasteiger partial charge >= 0.3 is 0 Å². The number of thiophene rings is 1. The molecule has 0 spiro atoms. The number of nitrogens with one attached hydrogen (secondary N) is 3. The van der Waals surface area contributed by atoms with Gasteiger partial charge in [-0.1, -0.05) is 41.6 Å². The molecule has 4 aliphatic heterocycles. The molecule has 4 aromatic rings. The van der Waals surface area contributed by atoms with Crippen LogP contribution in [0.4, 0.5) is 10.7 Å². The predicted molar refractivity (Wildman–Crippen MR) is 223 cm³/mol. The normalized spacial score (nSPS) is 19.8. The van der Waals surface area contributed by atoms with Crippen LogP contribution in [0.3, 0.4) is 0 Å². The van der Waals surface area contributed by atoms with Crippen molar-refractivity contribution in [3.05, 3.63) is 98.1 Å². The summed E-state index contributed by atoms with van der Waals surface area (Å²) in [7, 11) is 0. The third-order valence-electron chi connectivity index (χ3n) is 11.1. The number of benzene rings is 2. The molecule has 8 rings (SSSR count). The van der Waals surface area contributed by atoms with Gasteiger partial charge < -0.3 is 9.80 Å². The summed E-state index contributed by atoms with van der Waals surface area (Å²) in [5.74, 6) is 6.33. The molecule has 57 heavy (non-hydrogen) atoms. The van der Waals surface area contributed by atoms with Crippen molar-refractivity contribution in [3.63, 3.8) is 0 Å². The maximum atomic E-state index is 13.3. The quantitative estimate of drug-likeness (QED) is 0.0993. The van der Waals surface area contributed by atoms with Crippen LogP contribution in [0.15, 0.2) is 59.9 Å². The SMILES string of the molecule is CC(=N)N1C(=N)[C@H](C)N=C(c2ccc(Cl)cc2)c2c1sc(C#Cc1cnn(CCCN3CCN(c4cccc5c4CN(C4CCC(=O)NC4=O)C5=O)CC3)c1)c2C. The van der Waals surface area contributed by atoms with Crippen molar-refractivity contribution in [2.45, 2.75) is 65.2 Å². The highest BCUT2D eigenvalue weighted by Gasteiger charge is 2.40. The lowest BCUT2D eigenvalue weighted by molar-refractivity contribution is -0.136. The van der Waals surface area contributed by atoms with Crippen LogP contribution >= 0.6 is 22.9 Å². The van der Waals surface area contributed by atoms with Gasteiger partial charge in [0.2, 0.25) is 11.8 Å². The van der Waals surface area contributed by atoms with E-state index >= 15 is 0 Å². The molecule has 0 radical (unpaired) electrons. The minimum absolute atomic E-state index is 0.149. The van der Waals surface area contributed by atoms with E-state index in [2.05, 4.69) is 38.1 Å². The Balaban J connectivity index is 0.887. The number of piperazine rings is 1. The fraction of sp³-hybridized carbons (Fsp3) is 0.357. The number of aromatic nitrogens is 2. The fourth-order valence-electron chi connectivity index (χ4n) is 8.04. The van der Waals surface area contributed by atoms with Gasteiger partial charge in [0, 0.05) is 91.4 Å². The molecule has 2 aromatic heterocycles. The number of fused-ring (bicyclic) bond motifs is 2. The number of amidine groups is 2. The first-order valence-corrected chi connectivity index (χ1v) is 20.4. The summed E-state index contributed by atoms with van der Waals surface area (Å²) in [5.41, 5.74) is 6.94. The van der Waals surface area contributed by atoms with E-state index in [0.29, 0.717) is 23.6 Å². The monoisotopic (exact) mass is 802 g/mol. The molecule has 2 fully saturated rings. The first-order chi connectivity index (χ1) is 27.5. The van der Waals surface area contributed by atoms with Crippen LogP contribution in [-0.4, -0.2) is 99.5 Å². The van der Waals surface area contributed by atoms with Gasteiger partial charge in [-0.2, -0.15) is 5.10 Å². The number of carbonyl (C=O) groups is 3. The summed E-state index contributed by atoms with van der Waals surface area (Å²) in [6, 6.07) is 12.3. The van der Waals surface area contributed by atoms with Crippen LogP contribution in [-0.2, 0) is 22.7 Å². The molecule has 1 unspecified atom stereocenters. The number of hydrogen-bond acceptors (Lipinski definition) is 10. The van der Waals surface area contributed by atoms with Crippen LogP contribution in [0.5, 0.6) is 0 Å². The second-order valence-electron chi connectivity index (χ2n) is 14.8. The zero-order chi connectivity index (χ0) is 40.0. The van der Waals surface area contributed by atoms with E-state index < -0.39 is 18.0 Å². The predicted octanol–water partition coefficient (Wildman–Crippen LogP) is 5.30. The average molecular weight is 803 g/mol. The average Bonchev–Trinajstić information content (AvgIpc) is 3.86. The highest BCUT2D eigenvalue weighted by atomic mass is 35.5. The molecule has 6 heterocycles. The molecule has 2 aromatic carbocycles. The molecule has 2 atom stereocenters. The van der Waals surface area contributed by atoms with Gasteiger partial charge in [-0.15, -0.1) is 11.3 Å². The number of rotatable bonds is 7. The molecule has 0 aliphatic carbocycles. The Bertz CT molecular complexity index is 2400. The zero-order valence-corrected chi connectivity index (χ0v) is 33.6. The third kappa shape index (κ3) is 7.50. The van der Waals surface area contributed by atoms with Crippen molar-refractivity contribution in [1.82, 2.24) is 24.9 Å². The molecule has 13 nitrogen and oxygen atoms in total. The molecule has 3 N–H and O–H groups in total. The van der Waals surface area contributed by atoms with Crippen LogP contribution < -0.4 is 15.1 Å². The van der Waals surface area contributed by atoms with Crippen molar-refractivity contribution < 1.29 is 14.4 Å². The van der Waals surface area contributed by atoms with Gasteiger partial charge in [0.25, 0.3) is 5.91 Å². The maximum absolute atomic E-state index is 13.3. The van der Waals surface area contributed by atoms with Crippen LogP contribution in [0.2, 0.25) is 5.02 Å². The van der Waals surface area contributed by atoms with Crippen LogP contribution in [0.25, 0.3) is 0 Å². The lowest BCUT2D eigenvalue weighted by atomic mass is 9.99. The Kier molecular flexibility index (Phi) is 10.6. The van der Waals surface area contributed by atoms with Gasteiger partial charge in [-0.3, -0.25) is 50.0 Å². The molecule has 3 amide bonds. The number of hydrogen-bond donors (Lipinski definition) is 3. The van der Waals surface area contributed by atoms with Crippen molar-refractivity contribution in [2.75, 3.05) is 42.5 Å². The topological polar surface area (TPSA) is 154 Å². The standard InChI is InChI=1S/C42H43ClN10O3S/c1-25-35(57-42-37(25)38(29-9-11-30(43)12-10-29)47-26(2)39(45)53(42)27(3)44)14-8-28-22-46-51(23-28)17-5-16-49-18-20-50(21-19-49)33-7-4-6-31-32(33)24-52(41(31)56)34-13-15-36(54)48-40(34)55/h4,6-7,9-12,22-23,26,34,44-45H,5,13,15-21,24H2,1-3H3,(H,48,54,55)/t26-,34?/m0/s1. The van der Waals surface area contributed by atoms with Gasteiger partial charge in [0.05, 0.1) is 22.3 Å². The first kappa shape index (κ1) is 38.3. The third-order valence-corrected chi connectivity index (χ3v) is 12.5. The number of aryl methyl sites for hydroxylation is 1. The second kappa shape index (κ2) is 15.7. The van der Waals surface area contributed by atoms with E-state index in [1.807, 2.05) is 61.1 Å². The van der Waals surface area contributed by atoms with E-state index in [1.165, 1.54) is 11.3 Å². The van der Waals surface area contributed by atoms with E-state index in [-0.39, 0.29) is 29.9 Å². The second-order valence-corrected chi connectivity index (χ2v) is 16.3. The Hall–Kier alpha value is -5.62. The van der Waals surface area contributed by atoms with E-state index in [0.717, 1.165) is 94.8 Å². The number of aliphatic imine (C=N–C) groups is 1. The molecular weight excluding hydrogens is 760 g/mol. The number of nitrogens with zero attached hydrogens (tertiary/aromatic N) is 7. The summed E-state index contributed by atoms with van der Waals surface area (Å²) in [4.78, 5) is 51.4. The summed E-state index contributed by atoms with van der Waals surface area (Å²) >= 11 is 7.68. The minimum Gasteiger partial charge on any atom is -0.369 e. The number of amides is 3. The van der Waals surface area contributed by atoms with Crippen molar-refractivity contribution >= 4 is 68.7 Å². The van der Waals surface area contributed by atoms with E-state index in [4.69, 9.17) is 27.4 Å². The lowest BCUT2D eigenvalue weighted by Crippen LogP contribution is -2.52. The number of piperidine rings is 1. The molecule has 0 saturated carbocycles. The molecular formula is C42H43ClN10O3S. The summed E-state index contributed by atoms with van der Waals surface area (Å²) < 4.78 is 1.93. The highest BCUT2D eigenvalue weighted by Crippen LogP contribution is 2.40. The molecule has 292 valence electrons.